The number of hydrogen-bond donors (Lipinski definition) is 2. The number of rotatable bonds is 5. The summed E-state index contributed by atoms with van der Waals surface area (Å²) in [6, 6.07) is 0. The molecule has 2 atom stereocenters. The normalized spacial score (nSPS) is 22.6. The van der Waals surface area contributed by atoms with Crippen LogP contribution in [0.5, 0.6) is 0 Å². The van der Waals surface area contributed by atoms with Gasteiger partial charge in [-0.15, -0.1) is 0 Å². The van der Waals surface area contributed by atoms with Gasteiger partial charge in [0.1, 0.15) is 11.1 Å². The van der Waals surface area contributed by atoms with Crippen molar-refractivity contribution in [3.63, 3.8) is 0 Å². The molecule has 0 spiro atoms. The number of amides is 2. The molecule has 0 radical (unpaired) electrons. The van der Waals surface area contributed by atoms with E-state index in [0.29, 0.717) is 25.8 Å². The van der Waals surface area contributed by atoms with Crippen molar-refractivity contribution in [1.29, 1.82) is 0 Å². The number of nitrogens with one attached hydrogen (secondary N) is 1. The molecule has 1 heterocycles. The van der Waals surface area contributed by atoms with Gasteiger partial charge in [-0.1, -0.05) is 27.7 Å². The van der Waals surface area contributed by atoms with E-state index in [0.717, 1.165) is 6.42 Å². The van der Waals surface area contributed by atoms with E-state index in [1.807, 2.05) is 48.5 Å². The van der Waals surface area contributed by atoms with Crippen molar-refractivity contribution in [2.24, 2.45) is 5.41 Å². The molecule has 0 aromatic rings. The number of carbonyl (C=O) groups is 2. The average Bonchev–Trinajstić information content (AvgIpc) is 2.86. The van der Waals surface area contributed by atoms with E-state index in [4.69, 9.17) is 4.74 Å². The Morgan fingerprint density at radius 1 is 1.24 bits per heavy atom. The molecule has 0 saturated carbocycles. The number of hydrogen-bond acceptors (Lipinski definition) is 4. The second-order valence-corrected chi connectivity index (χ2v) is 9.25. The quantitative estimate of drug-likeness (QED) is 0.793. The first-order valence-corrected chi connectivity index (χ1v) is 9.28. The highest BCUT2D eigenvalue weighted by Gasteiger charge is 2.49. The van der Waals surface area contributed by atoms with Gasteiger partial charge in [-0.05, 0) is 51.9 Å². The molecular weight excluding hydrogens is 320 g/mol. The zero-order valence-electron chi connectivity index (χ0n) is 16.9. The molecule has 6 nitrogen and oxygen atoms in total. The highest BCUT2D eigenvalue weighted by Crippen LogP contribution is 2.34. The van der Waals surface area contributed by atoms with Gasteiger partial charge in [0.05, 0.1) is 6.10 Å². The van der Waals surface area contributed by atoms with Crippen LogP contribution in [-0.4, -0.2) is 52.3 Å². The zero-order valence-corrected chi connectivity index (χ0v) is 16.9. The third-order valence-corrected chi connectivity index (χ3v) is 4.46. The summed E-state index contributed by atoms with van der Waals surface area (Å²) in [5, 5.41) is 13.0. The molecule has 2 N–H and O–H groups in total. The van der Waals surface area contributed by atoms with Gasteiger partial charge in [0, 0.05) is 13.1 Å². The summed E-state index contributed by atoms with van der Waals surface area (Å²) in [6.07, 6.45) is 1.46. The van der Waals surface area contributed by atoms with Crippen molar-refractivity contribution >= 4 is 12.0 Å². The van der Waals surface area contributed by atoms with Crippen molar-refractivity contribution in [2.75, 3.05) is 13.1 Å². The van der Waals surface area contributed by atoms with Crippen molar-refractivity contribution in [1.82, 2.24) is 10.2 Å². The number of ether oxygens (including phenoxy) is 1. The van der Waals surface area contributed by atoms with E-state index in [2.05, 4.69) is 5.32 Å². The van der Waals surface area contributed by atoms with E-state index in [-0.39, 0.29) is 17.9 Å². The van der Waals surface area contributed by atoms with Gasteiger partial charge in [-0.2, -0.15) is 0 Å². The van der Waals surface area contributed by atoms with E-state index >= 15 is 0 Å². The van der Waals surface area contributed by atoms with Crippen molar-refractivity contribution in [3.8, 4) is 0 Å². The molecule has 146 valence electrons. The summed E-state index contributed by atoms with van der Waals surface area (Å²) in [7, 11) is 0. The first-order valence-electron chi connectivity index (χ1n) is 9.28. The molecule has 0 unspecified atom stereocenters. The maximum Gasteiger partial charge on any atom is 0.411 e. The second-order valence-electron chi connectivity index (χ2n) is 9.25. The minimum absolute atomic E-state index is 0.0114. The van der Waals surface area contributed by atoms with Crippen LogP contribution in [0, 0.1) is 5.41 Å². The average molecular weight is 357 g/mol. The number of carbonyl (C=O) groups excluding carboxylic acids is 2. The predicted octanol–water partition coefficient (Wildman–Crippen LogP) is 3.08. The molecule has 25 heavy (non-hydrogen) atoms. The second kappa shape index (κ2) is 7.94. The van der Waals surface area contributed by atoms with Gasteiger partial charge in [-0.3, -0.25) is 9.69 Å². The van der Waals surface area contributed by atoms with Crippen molar-refractivity contribution < 1.29 is 19.4 Å². The Kier molecular flexibility index (Phi) is 6.90. The van der Waals surface area contributed by atoms with Gasteiger partial charge in [0.2, 0.25) is 5.91 Å². The standard InChI is InChI=1S/C19H36N2O4/c1-8-19(15(23)20-13-14(22)12-17(2,3)4)10-9-11-21(19)16(24)25-18(5,6)7/h14,22H,8-13H2,1-7H3,(H,20,23)/t14-,19+/m1/s1. The lowest BCUT2D eigenvalue weighted by atomic mass is 9.88. The van der Waals surface area contributed by atoms with Gasteiger partial charge in [0.25, 0.3) is 0 Å². The lowest BCUT2D eigenvalue weighted by Gasteiger charge is -2.37. The maximum atomic E-state index is 12.9. The number of aliphatic hydroxyl groups is 1. The van der Waals surface area contributed by atoms with Gasteiger partial charge in [-0.25, -0.2) is 4.79 Å². The highest BCUT2D eigenvalue weighted by molar-refractivity contribution is 5.90. The van der Waals surface area contributed by atoms with Crippen LogP contribution in [0.1, 0.15) is 74.1 Å². The Balaban J connectivity index is 2.79. The van der Waals surface area contributed by atoms with Crippen LogP contribution >= 0.6 is 0 Å². The molecule has 2 amide bonds. The first-order chi connectivity index (χ1) is 11.3. The van der Waals surface area contributed by atoms with Gasteiger partial charge >= 0.3 is 6.09 Å². The topological polar surface area (TPSA) is 78.9 Å². The molecule has 0 bridgehead atoms. The van der Waals surface area contributed by atoms with Crippen LogP contribution in [0.3, 0.4) is 0 Å². The number of aliphatic hydroxyl groups excluding tert-OH is 1. The lowest BCUT2D eigenvalue weighted by Crippen LogP contribution is -2.58. The van der Waals surface area contributed by atoms with Crippen molar-refractivity contribution in [2.45, 2.75) is 91.4 Å². The first kappa shape index (κ1) is 21.7. The molecule has 0 aromatic heterocycles. The third-order valence-electron chi connectivity index (χ3n) is 4.46. The fraction of sp³-hybridized carbons (Fsp3) is 0.895. The van der Waals surface area contributed by atoms with E-state index < -0.39 is 23.3 Å². The molecular formula is C19H36N2O4. The maximum absolute atomic E-state index is 12.9. The third kappa shape index (κ3) is 6.17. The Morgan fingerprint density at radius 2 is 1.84 bits per heavy atom. The van der Waals surface area contributed by atoms with Crippen LogP contribution in [0.2, 0.25) is 0 Å². The van der Waals surface area contributed by atoms with Crippen LogP contribution in [-0.2, 0) is 9.53 Å². The van der Waals surface area contributed by atoms with E-state index in [1.54, 1.807) is 4.90 Å². The fourth-order valence-electron chi connectivity index (χ4n) is 3.38. The predicted molar refractivity (Wildman–Crippen MR) is 98.3 cm³/mol. The molecule has 1 rings (SSSR count). The number of likely N-dealkylation sites (tertiary alicyclic amines) is 1. The smallest absolute Gasteiger partial charge is 0.411 e. The Morgan fingerprint density at radius 3 is 2.32 bits per heavy atom. The van der Waals surface area contributed by atoms with E-state index in [1.165, 1.54) is 0 Å². The molecule has 6 heteroatoms. The van der Waals surface area contributed by atoms with E-state index in [9.17, 15) is 14.7 Å². The summed E-state index contributed by atoms with van der Waals surface area (Å²) in [6.45, 7) is 14.2. The molecule has 1 aliphatic rings. The summed E-state index contributed by atoms with van der Waals surface area (Å²) in [4.78, 5) is 27.0. The Bertz CT molecular complexity index is 479. The summed E-state index contributed by atoms with van der Waals surface area (Å²) >= 11 is 0. The molecule has 0 aliphatic carbocycles. The Hall–Kier alpha value is -1.30. The monoisotopic (exact) mass is 356 g/mol. The minimum atomic E-state index is -0.885. The molecule has 1 saturated heterocycles. The van der Waals surface area contributed by atoms with Crippen LogP contribution < -0.4 is 5.32 Å². The van der Waals surface area contributed by atoms with Gasteiger partial charge in [0.15, 0.2) is 0 Å². The number of nitrogens with zero attached hydrogens (tertiary/aromatic N) is 1. The molecule has 1 fully saturated rings. The lowest BCUT2D eigenvalue weighted by molar-refractivity contribution is -0.132. The molecule has 0 aromatic carbocycles. The SMILES string of the molecule is CC[C@@]1(C(=O)NC[C@H](O)CC(C)(C)C)CCCN1C(=O)OC(C)(C)C. The highest BCUT2D eigenvalue weighted by atomic mass is 16.6. The van der Waals surface area contributed by atoms with Crippen LogP contribution in [0.15, 0.2) is 0 Å². The van der Waals surface area contributed by atoms with Gasteiger partial charge < -0.3 is 15.2 Å². The van der Waals surface area contributed by atoms with Crippen molar-refractivity contribution in [3.05, 3.63) is 0 Å². The zero-order chi connectivity index (χ0) is 19.5. The van der Waals surface area contributed by atoms with Crippen LogP contribution in [0.25, 0.3) is 0 Å². The summed E-state index contributed by atoms with van der Waals surface area (Å²) in [5.74, 6) is -0.202. The summed E-state index contributed by atoms with van der Waals surface area (Å²) in [5.41, 5.74) is -1.50. The van der Waals surface area contributed by atoms with Crippen LogP contribution in [0.4, 0.5) is 4.79 Å². The largest absolute Gasteiger partial charge is 0.444 e. The summed E-state index contributed by atoms with van der Waals surface area (Å²) < 4.78 is 5.48. The Labute approximate surface area is 152 Å². The fourth-order valence-corrected chi connectivity index (χ4v) is 3.38. The minimum Gasteiger partial charge on any atom is -0.444 e. The molecule has 1 aliphatic heterocycles.